The molecule has 0 aliphatic carbocycles. The summed E-state index contributed by atoms with van der Waals surface area (Å²) in [6.07, 6.45) is 2.89. The van der Waals surface area contributed by atoms with Crippen LogP contribution >= 0.6 is 12.2 Å². The lowest BCUT2D eigenvalue weighted by atomic mass is 10.4. The maximum Gasteiger partial charge on any atom is 0.252 e. The minimum Gasteiger partial charge on any atom is -0.298 e. The molecule has 0 bridgehead atoms. The highest BCUT2D eigenvalue weighted by molar-refractivity contribution is 7.80. The first-order valence-corrected chi connectivity index (χ1v) is 3.55. The predicted molar refractivity (Wildman–Crippen MR) is 44.1 cm³/mol. The van der Waals surface area contributed by atoms with E-state index in [0.29, 0.717) is 4.99 Å². The minimum atomic E-state index is -0.204. The molecule has 58 valence electrons. The number of hydrogen-bond donors (Lipinski definition) is 0. The average Bonchev–Trinajstić information content (AvgIpc) is 2.18. The van der Waals surface area contributed by atoms with Crippen LogP contribution in [0.15, 0.2) is 12.2 Å². The van der Waals surface area contributed by atoms with Gasteiger partial charge in [-0.3, -0.25) is 14.5 Å². The highest BCUT2D eigenvalue weighted by Gasteiger charge is 2.20. The van der Waals surface area contributed by atoms with E-state index in [9.17, 15) is 9.59 Å². The Morgan fingerprint density at radius 1 is 1.64 bits per heavy atom. The van der Waals surface area contributed by atoms with E-state index in [4.69, 9.17) is 12.2 Å². The summed E-state index contributed by atoms with van der Waals surface area (Å²) in [5.41, 5.74) is 0. The third-order valence-electron chi connectivity index (χ3n) is 1.28. The molecule has 0 spiro atoms. The fraction of sp³-hybridized carbons (Fsp3) is 0.286. The van der Waals surface area contributed by atoms with E-state index < -0.39 is 0 Å². The van der Waals surface area contributed by atoms with Crippen LogP contribution in [0.1, 0.15) is 6.92 Å². The molecule has 1 aliphatic rings. The van der Waals surface area contributed by atoms with Crippen molar-refractivity contribution in [3.8, 4) is 0 Å². The molecule has 1 rings (SSSR count). The molecule has 0 atom stereocenters. The van der Waals surface area contributed by atoms with Gasteiger partial charge < -0.3 is 0 Å². The second kappa shape index (κ2) is 2.92. The van der Waals surface area contributed by atoms with Crippen molar-refractivity contribution in [1.29, 1.82) is 0 Å². The van der Waals surface area contributed by atoms with Gasteiger partial charge in [0.1, 0.15) is 10.8 Å². The van der Waals surface area contributed by atoms with Crippen LogP contribution in [0.3, 0.4) is 0 Å². The van der Waals surface area contributed by atoms with Gasteiger partial charge in [-0.25, -0.2) is 0 Å². The lowest BCUT2D eigenvalue weighted by Crippen LogP contribution is -2.33. The maximum atomic E-state index is 10.9. The van der Waals surface area contributed by atoms with Crippen molar-refractivity contribution in [1.82, 2.24) is 4.90 Å². The van der Waals surface area contributed by atoms with E-state index >= 15 is 0 Å². The van der Waals surface area contributed by atoms with Crippen molar-refractivity contribution in [2.75, 3.05) is 6.54 Å². The molecule has 0 fully saturated rings. The summed E-state index contributed by atoms with van der Waals surface area (Å²) in [5, 5.41) is 0. The molecule has 1 aliphatic heterocycles. The summed E-state index contributed by atoms with van der Waals surface area (Å²) in [4.78, 5) is 23.2. The van der Waals surface area contributed by atoms with Crippen LogP contribution in [0.25, 0.3) is 0 Å². The number of nitrogens with zero attached hydrogens (tertiary/aromatic N) is 1. The van der Waals surface area contributed by atoms with Crippen molar-refractivity contribution >= 4 is 28.9 Å². The quantitative estimate of drug-likeness (QED) is 0.558. The highest BCUT2D eigenvalue weighted by Crippen LogP contribution is 2.04. The lowest BCUT2D eigenvalue weighted by Gasteiger charge is -2.12. The van der Waals surface area contributed by atoms with E-state index in [1.54, 1.807) is 0 Å². The Morgan fingerprint density at radius 3 is 2.64 bits per heavy atom. The Balaban J connectivity index is 2.66. The summed E-state index contributed by atoms with van der Waals surface area (Å²) >= 11 is 4.80. The van der Waals surface area contributed by atoms with Gasteiger partial charge in [0.15, 0.2) is 0 Å². The van der Waals surface area contributed by atoms with Gasteiger partial charge in [-0.15, -0.1) is 0 Å². The first-order valence-electron chi connectivity index (χ1n) is 3.14. The van der Waals surface area contributed by atoms with E-state index in [1.807, 2.05) is 0 Å². The zero-order valence-electron chi connectivity index (χ0n) is 6.03. The Labute approximate surface area is 69.7 Å². The monoisotopic (exact) mass is 169 g/mol. The number of amides is 1. The molecular weight excluding hydrogens is 162 g/mol. The number of carbonyl (C=O) groups is 2. The van der Waals surface area contributed by atoms with Crippen LogP contribution < -0.4 is 0 Å². The predicted octanol–water partition coefficient (Wildman–Crippen LogP) is 0.301. The van der Waals surface area contributed by atoms with Crippen LogP contribution in [-0.4, -0.2) is 28.1 Å². The fourth-order valence-corrected chi connectivity index (χ4v) is 1.03. The highest BCUT2D eigenvalue weighted by atomic mass is 32.1. The van der Waals surface area contributed by atoms with E-state index in [-0.39, 0.29) is 18.2 Å². The van der Waals surface area contributed by atoms with Gasteiger partial charge in [-0.2, -0.15) is 0 Å². The summed E-state index contributed by atoms with van der Waals surface area (Å²) in [5.74, 6) is -0.269. The number of ketones is 1. The van der Waals surface area contributed by atoms with E-state index in [0.717, 1.165) is 0 Å². The zero-order chi connectivity index (χ0) is 8.43. The van der Waals surface area contributed by atoms with Crippen LogP contribution in [0.4, 0.5) is 0 Å². The molecule has 0 aromatic carbocycles. The van der Waals surface area contributed by atoms with Crippen LogP contribution in [0.5, 0.6) is 0 Å². The van der Waals surface area contributed by atoms with E-state index in [2.05, 4.69) is 0 Å². The van der Waals surface area contributed by atoms with Crippen LogP contribution in [0, 0.1) is 0 Å². The topological polar surface area (TPSA) is 37.4 Å². The van der Waals surface area contributed by atoms with Crippen LogP contribution in [0.2, 0.25) is 0 Å². The minimum absolute atomic E-state index is 0.0654. The molecule has 1 amide bonds. The SMILES string of the molecule is CC(=O)CN1C(=O)C=CC1=S. The molecule has 1 heterocycles. The summed E-state index contributed by atoms with van der Waals surface area (Å²) < 4.78 is 0. The largest absolute Gasteiger partial charge is 0.298 e. The fourth-order valence-electron chi connectivity index (χ4n) is 0.810. The van der Waals surface area contributed by atoms with Gasteiger partial charge in [0, 0.05) is 6.08 Å². The molecule has 0 aromatic rings. The van der Waals surface area contributed by atoms with Crippen molar-refractivity contribution in [2.45, 2.75) is 6.92 Å². The summed E-state index contributed by atoms with van der Waals surface area (Å²) in [7, 11) is 0. The standard InChI is InChI=1S/C7H7NO2S/c1-5(9)4-8-6(10)2-3-7(8)11/h2-3H,4H2,1H3. The zero-order valence-corrected chi connectivity index (χ0v) is 6.85. The van der Waals surface area contributed by atoms with Crippen molar-refractivity contribution in [3.63, 3.8) is 0 Å². The molecule has 0 radical (unpaired) electrons. The number of thiocarbonyl (C=S) groups is 1. The number of rotatable bonds is 2. The number of Topliss-reactive ketones (excluding diaryl/α,β-unsaturated/α-hetero) is 1. The van der Waals surface area contributed by atoms with E-state index in [1.165, 1.54) is 24.0 Å². The van der Waals surface area contributed by atoms with Crippen molar-refractivity contribution < 1.29 is 9.59 Å². The lowest BCUT2D eigenvalue weighted by molar-refractivity contribution is -0.126. The molecule has 0 saturated carbocycles. The third-order valence-corrected chi connectivity index (χ3v) is 1.64. The Bertz CT molecular complexity index is 239. The molecule has 0 unspecified atom stereocenters. The number of carbonyl (C=O) groups excluding carboxylic acids is 2. The molecule has 4 heteroatoms. The maximum absolute atomic E-state index is 10.9. The second-order valence-corrected chi connectivity index (χ2v) is 2.72. The van der Waals surface area contributed by atoms with Crippen molar-refractivity contribution in [2.24, 2.45) is 0 Å². The summed E-state index contributed by atoms with van der Waals surface area (Å²) in [6.45, 7) is 1.51. The Morgan fingerprint density at radius 2 is 2.27 bits per heavy atom. The molecule has 0 saturated heterocycles. The molecule has 11 heavy (non-hydrogen) atoms. The van der Waals surface area contributed by atoms with Gasteiger partial charge >= 0.3 is 0 Å². The molecule has 3 nitrogen and oxygen atoms in total. The first kappa shape index (κ1) is 8.07. The van der Waals surface area contributed by atoms with Gasteiger partial charge in [-0.05, 0) is 13.0 Å². The summed E-state index contributed by atoms with van der Waals surface area (Å²) in [6, 6.07) is 0. The third kappa shape index (κ3) is 1.71. The Kier molecular flexibility index (Phi) is 2.14. The normalized spacial score (nSPS) is 16.3. The van der Waals surface area contributed by atoms with Crippen molar-refractivity contribution in [3.05, 3.63) is 12.2 Å². The van der Waals surface area contributed by atoms with Gasteiger partial charge in [0.2, 0.25) is 0 Å². The Hall–Kier alpha value is -1.03. The second-order valence-electron chi connectivity index (χ2n) is 2.30. The average molecular weight is 169 g/mol. The molecular formula is C7H7NO2S. The first-order chi connectivity index (χ1) is 5.11. The smallest absolute Gasteiger partial charge is 0.252 e. The molecule has 0 aromatic heterocycles. The van der Waals surface area contributed by atoms with Crippen LogP contribution in [-0.2, 0) is 9.59 Å². The number of hydrogen-bond acceptors (Lipinski definition) is 3. The van der Waals surface area contributed by atoms with Gasteiger partial charge in [0.05, 0.1) is 6.54 Å². The molecule has 0 N–H and O–H groups in total. The van der Waals surface area contributed by atoms with Gasteiger partial charge in [-0.1, -0.05) is 12.2 Å². The van der Waals surface area contributed by atoms with Gasteiger partial charge in [0.25, 0.3) is 5.91 Å².